The summed E-state index contributed by atoms with van der Waals surface area (Å²) in [4.78, 5) is 24.2. The molecule has 0 fully saturated rings. The summed E-state index contributed by atoms with van der Waals surface area (Å²) in [6.45, 7) is 4.12. The highest BCUT2D eigenvalue weighted by atomic mass is 35.5. The molecule has 0 atom stereocenters. The summed E-state index contributed by atoms with van der Waals surface area (Å²) >= 11 is 5.90. The first kappa shape index (κ1) is 18.7. The second-order valence-electron chi connectivity index (χ2n) is 5.80. The van der Waals surface area contributed by atoms with Crippen molar-refractivity contribution in [2.24, 2.45) is 5.10 Å². The fourth-order valence-electron chi connectivity index (χ4n) is 2.71. The van der Waals surface area contributed by atoms with E-state index in [1.807, 2.05) is 31.2 Å². The number of aromatic carboxylic acids is 1. The average Bonchev–Trinajstić information content (AvgIpc) is 2.92. The molecule has 0 spiro atoms. The zero-order chi connectivity index (χ0) is 19.6. The zero-order valence-electron chi connectivity index (χ0n) is 14.8. The molecule has 2 aromatic carbocycles. The zero-order valence-corrected chi connectivity index (χ0v) is 15.5. The lowest BCUT2D eigenvalue weighted by Crippen LogP contribution is -2.21. The Morgan fingerprint density at radius 2 is 2.04 bits per heavy atom. The van der Waals surface area contributed by atoms with Gasteiger partial charge in [-0.2, -0.15) is 10.1 Å². The maximum atomic E-state index is 12.9. The van der Waals surface area contributed by atoms with Crippen molar-refractivity contribution in [2.45, 2.75) is 13.8 Å². The predicted octanol–water partition coefficient (Wildman–Crippen LogP) is 4.24. The van der Waals surface area contributed by atoms with Gasteiger partial charge in [-0.05, 0) is 44.2 Å². The van der Waals surface area contributed by atoms with Gasteiger partial charge in [-0.25, -0.2) is 4.79 Å². The highest BCUT2D eigenvalue weighted by Crippen LogP contribution is 2.30. The Kier molecular flexibility index (Phi) is 5.28. The number of amides is 1. The van der Waals surface area contributed by atoms with E-state index in [9.17, 15) is 14.7 Å². The fourth-order valence-corrected chi connectivity index (χ4v) is 2.91. The number of carboxylic acids is 1. The summed E-state index contributed by atoms with van der Waals surface area (Å²) in [7, 11) is 0. The van der Waals surface area contributed by atoms with Crippen molar-refractivity contribution in [3.05, 3.63) is 64.2 Å². The normalized spacial score (nSPS) is 15.2. The van der Waals surface area contributed by atoms with E-state index in [4.69, 9.17) is 16.3 Å². The molecule has 0 saturated heterocycles. The fraction of sp³-hybridized carbons (Fsp3) is 0.150. The number of hydrazone groups is 1. The molecule has 2 aromatic rings. The van der Waals surface area contributed by atoms with Crippen molar-refractivity contribution in [1.29, 1.82) is 0 Å². The molecular weight excluding hydrogens is 368 g/mol. The van der Waals surface area contributed by atoms with E-state index in [0.29, 0.717) is 29.3 Å². The molecule has 1 aliphatic rings. The Hall–Kier alpha value is -3.12. The molecule has 0 radical (unpaired) electrons. The summed E-state index contributed by atoms with van der Waals surface area (Å²) in [6, 6.07) is 11.7. The Balaban J connectivity index is 1.98. The van der Waals surface area contributed by atoms with Gasteiger partial charge in [0.15, 0.2) is 0 Å². The monoisotopic (exact) mass is 384 g/mol. The molecule has 3 rings (SSSR count). The molecular formula is C20H17ClN2O4. The number of carbonyl (C=O) groups is 2. The van der Waals surface area contributed by atoms with E-state index in [2.05, 4.69) is 5.10 Å². The Bertz CT molecular complexity index is 982. The number of hydrogen-bond acceptors (Lipinski definition) is 4. The van der Waals surface area contributed by atoms with Crippen molar-refractivity contribution in [3.8, 4) is 5.75 Å². The van der Waals surface area contributed by atoms with E-state index in [-0.39, 0.29) is 16.5 Å². The largest absolute Gasteiger partial charge is 0.493 e. The van der Waals surface area contributed by atoms with Crippen LogP contribution in [0.5, 0.6) is 5.75 Å². The third-order valence-corrected chi connectivity index (χ3v) is 4.34. The van der Waals surface area contributed by atoms with Gasteiger partial charge in [0.1, 0.15) is 5.75 Å². The first-order valence-electron chi connectivity index (χ1n) is 8.28. The standard InChI is InChI=1S/C20H17ClN2O4/c1-3-27-18-7-5-4-6-13(18)10-15-12(2)22-23(19(15)24)14-8-9-17(21)16(11-14)20(25)26/h4-11H,3H2,1-2H3,(H,25,26)/b15-10-. The lowest BCUT2D eigenvalue weighted by atomic mass is 10.1. The van der Waals surface area contributed by atoms with Gasteiger partial charge in [0, 0.05) is 5.56 Å². The third kappa shape index (κ3) is 3.71. The second kappa shape index (κ2) is 7.63. The minimum atomic E-state index is -1.17. The number of hydrogen-bond donors (Lipinski definition) is 1. The first-order chi connectivity index (χ1) is 12.9. The van der Waals surface area contributed by atoms with Gasteiger partial charge in [0.05, 0.1) is 34.2 Å². The van der Waals surface area contributed by atoms with Crippen molar-refractivity contribution < 1.29 is 19.4 Å². The van der Waals surface area contributed by atoms with Crippen LogP contribution < -0.4 is 9.75 Å². The van der Waals surface area contributed by atoms with Crippen LogP contribution in [0.15, 0.2) is 53.1 Å². The molecule has 138 valence electrons. The predicted molar refractivity (Wildman–Crippen MR) is 105 cm³/mol. The smallest absolute Gasteiger partial charge is 0.337 e. The molecule has 1 N–H and O–H groups in total. The maximum Gasteiger partial charge on any atom is 0.337 e. The maximum absolute atomic E-state index is 12.9. The van der Waals surface area contributed by atoms with Crippen LogP contribution in [0, 0.1) is 0 Å². The molecule has 0 bridgehead atoms. The number of rotatable bonds is 5. The number of carbonyl (C=O) groups excluding carboxylic acids is 1. The first-order valence-corrected chi connectivity index (χ1v) is 8.66. The molecule has 27 heavy (non-hydrogen) atoms. The summed E-state index contributed by atoms with van der Waals surface area (Å²) in [5, 5.41) is 14.8. The van der Waals surface area contributed by atoms with Crippen LogP contribution in [0.3, 0.4) is 0 Å². The van der Waals surface area contributed by atoms with E-state index in [0.717, 1.165) is 5.56 Å². The van der Waals surface area contributed by atoms with Gasteiger partial charge in [-0.15, -0.1) is 0 Å². The molecule has 1 amide bonds. The molecule has 0 saturated carbocycles. The van der Waals surface area contributed by atoms with E-state index < -0.39 is 5.97 Å². The molecule has 1 aliphatic heterocycles. The Labute approximate surface area is 161 Å². The SMILES string of the molecule is CCOc1ccccc1/C=C1\C(=O)N(c2ccc(Cl)c(C(=O)O)c2)N=C1C. The van der Waals surface area contributed by atoms with Crippen molar-refractivity contribution >= 4 is 41.0 Å². The number of nitrogens with zero attached hydrogens (tertiary/aromatic N) is 2. The van der Waals surface area contributed by atoms with Gasteiger partial charge in [-0.3, -0.25) is 4.79 Å². The van der Waals surface area contributed by atoms with Crippen LogP contribution in [0.25, 0.3) is 6.08 Å². The topological polar surface area (TPSA) is 79.2 Å². The van der Waals surface area contributed by atoms with Crippen LogP contribution in [-0.4, -0.2) is 29.3 Å². The number of anilines is 1. The van der Waals surface area contributed by atoms with Crippen LogP contribution >= 0.6 is 11.6 Å². The summed E-state index contributed by atoms with van der Waals surface area (Å²) in [5.74, 6) is -0.848. The van der Waals surface area contributed by atoms with E-state index in [1.165, 1.54) is 17.1 Å². The van der Waals surface area contributed by atoms with Gasteiger partial charge in [-0.1, -0.05) is 29.8 Å². The summed E-state index contributed by atoms with van der Waals surface area (Å²) in [6.07, 6.45) is 1.72. The molecule has 0 aromatic heterocycles. The van der Waals surface area contributed by atoms with Gasteiger partial charge >= 0.3 is 5.97 Å². The van der Waals surface area contributed by atoms with Crippen LogP contribution in [0.1, 0.15) is 29.8 Å². The summed E-state index contributed by atoms with van der Waals surface area (Å²) in [5.41, 5.74) is 1.95. The van der Waals surface area contributed by atoms with Gasteiger partial charge in [0.25, 0.3) is 5.91 Å². The molecule has 1 heterocycles. The lowest BCUT2D eigenvalue weighted by Gasteiger charge is -2.13. The van der Waals surface area contributed by atoms with Gasteiger partial charge in [0.2, 0.25) is 0 Å². The molecule has 0 aliphatic carbocycles. The highest BCUT2D eigenvalue weighted by Gasteiger charge is 2.29. The van der Waals surface area contributed by atoms with Gasteiger partial charge < -0.3 is 9.84 Å². The molecule has 6 nitrogen and oxygen atoms in total. The van der Waals surface area contributed by atoms with Crippen molar-refractivity contribution in [3.63, 3.8) is 0 Å². The molecule has 0 unspecified atom stereocenters. The minimum Gasteiger partial charge on any atom is -0.493 e. The van der Waals surface area contributed by atoms with Crippen molar-refractivity contribution in [2.75, 3.05) is 11.6 Å². The number of para-hydroxylation sites is 1. The Morgan fingerprint density at radius 3 is 2.74 bits per heavy atom. The molecule has 7 heteroatoms. The van der Waals surface area contributed by atoms with Crippen LogP contribution in [0.2, 0.25) is 5.02 Å². The lowest BCUT2D eigenvalue weighted by molar-refractivity contribution is -0.114. The number of carboxylic acid groups (broad SMARTS) is 1. The van der Waals surface area contributed by atoms with E-state index in [1.54, 1.807) is 19.1 Å². The highest BCUT2D eigenvalue weighted by molar-refractivity contribution is 6.34. The van der Waals surface area contributed by atoms with E-state index >= 15 is 0 Å². The van der Waals surface area contributed by atoms with Crippen LogP contribution in [0.4, 0.5) is 5.69 Å². The summed E-state index contributed by atoms with van der Waals surface area (Å²) < 4.78 is 5.60. The average molecular weight is 385 g/mol. The quantitative estimate of drug-likeness (QED) is 0.782. The Morgan fingerprint density at radius 1 is 1.30 bits per heavy atom. The number of halogens is 1. The van der Waals surface area contributed by atoms with Crippen LogP contribution in [-0.2, 0) is 4.79 Å². The number of benzene rings is 2. The van der Waals surface area contributed by atoms with Crippen molar-refractivity contribution in [1.82, 2.24) is 0 Å². The second-order valence-corrected chi connectivity index (χ2v) is 6.21. The third-order valence-electron chi connectivity index (χ3n) is 4.01. The minimum absolute atomic E-state index is 0.0889. The number of ether oxygens (including phenoxy) is 1.